The topological polar surface area (TPSA) is 61.1 Å². The standard InChI is InChI=1S/C22H16F2N4/c1-14-22(17-5-8-19(23)9-6-17,18-7-10-20(24)26-13-18)28-21(27-14)16-4-2-3-15(11-16)12-25/h2-11,13-14H,1H3,(H,27,28)/t14-,22+/m0/s1. The first-order valence-electron chi connectivity index (χ1n) is 8.78. The first kappa shape index (κ1) is 17.8. The number of hydrogen-bond acceptors (Lipinski definition) is 4. The molecule has 4 nitrogen and oxygen atoms in total. The van der Waals surface area contributed by atoms with Crippen LogP contribution in [0.4, 0.5) is 8.78 Å². The highest BCUT2D eigenvalue weighted by Crippen LogP contribution is 2.40. The average Bonchev–Trinajstić information content (AvgIpc) is 3.07. The molecule has 0 radical (unpaired) electrons. The summed E-state index contributed by atoms with van der Waals surface area (Å²) in [4.78, 5) is 8.75. The zero-order valence-corrected chi connectivity index (χ0v) is 15.0. The van der Waals surface area contributed by atoms with Crippen molar-refractivity contribution < 1.29 is 8.78 Å². The summed E-state index contributed by atoms with van der Waals surface area (Å²) < 4.78 is 27.0. The van der Waals surface area contributed by atoms with E-state index in [4.69, 9.17) is 4.99 Å². The average molecular weight is 374 g/mol. The number of aliphatic imine (C=N–C) groups is 1. The number of pyridine rings is 1. The van der Waals surface area contributed by atoms with Crippen molar-refractivity contribution in [3.05, 3.63) is 101 Å². The van der Waals surface area contributed by atoms with Gasteiger partial charge in [-0.25, -0.2) is 14.4 Å². The van der Waals surface area contributed by atoms with E-state index >= 15 is 0 Å². The number of halogens is 2. The number of aromatic nitrogens is 1. The molecule has 0 amide bonds. The van der Waals surface area contributed by atoms with Crippen molar-refractivity contribution in [1.29, 1.82) is 5.26 Å². The van der Waals surface area contributed by atoms with E-state index in [1.165, 1.54) is 24.4 Å². The summed E-state index contributed by atoms with van der Waals surface area (Å²) in [6.45, 7) is 1.96. The zero-order chi connectivity index (χ0) is 19.7. The van der Waals surface area contributed by atoms with Crippen LogP contribution >= 0.6 is 0 Å². The normalized spacial score (nSPS) is 20.9. The number of nitrogens with one attached hydrogen (secondary N) is 1. The number of benzene rings is 2. The van der Waals surface area contributed by atoms with Gasteiger partial charge in [0.25, 0.3) is 0 Å². The van der Waals surface area contributed by atoms with Gasteiger partial charge < -0.3 is 5.32 Å². The van der Waals surface area contributed by atoms with Gasteiger partial charge in [0.15, 0.2) is 0 Å². The largest absolute Gasteiger partial charge is 0.364 e. The maximum Gasteiger partial charge on any atom is 0.212 e. The van der Waals surface area contributed by atoms with E-state index in [1.807, 2.05) is 13.0 Å². The molecular weight excluding hydrogens is 358 g/mol. The number of rotatable bonds is 3. The molecule has 2 heterocycles. The lowest BCUT2D eigenvalue weighted by Gasteiger charge is -2.31. The van der Waals surface area contributed by atoms with Gasteiger partial charge in [0, 0.05) is 17.3 Å². The number of hydrogen-bond donors (Lipinski definition) is 1. The van der Waals surface area contributed by atoms with Gasteiger partial charge in [0.05, 0.1) is 17.7 Å². The first-order valence-corrected chi connectivity index (χ1v) is 8.78. The van der Waals surface area contributed by atoms with Gasteiger partial charge in [-0.2, -0.15) is 9.65 Å². The van der Waals surface area contributed by atoms with Crippen LogP contribution < -0.4 is 5.32 Å². The molecule has 4 rings (SSSR count). The van der Waals surface area contributed by atoms with Crippen molar-refractivity contribution in [3.63, 3.8) is 0 Å². The maximum atomic E-state index is 13.5. The molecule has 0 saturated heterocycles. The van der Waals surface area contributed by atoms with Crippen molar-refractivity contribution in [2.24, 2.45) is 4.99 Å². The van der Waals surface area contributed by atoms with Crippen LogP contribution in [0.1, 0.15) is 29.2 Å². The van der Waals surface area contributed by atoms with E-state index in [-0.39, 0.29) is 11.9 Å². The Hall–Kier alpha value is -3.59. The number of amidine groups is 1. The van der Waals surface area contributed by atoms with Crippen molar-refractivity contribution in [1.82, 2.24) is 10.3 Å². The molecule has 0 spiro atoms. The molecule has 0 unspecified atom stereocenters. The van der Waals surface area contributed by atoms with E-state index in [0.29, 0.717) is 17.0 Å². The van der Waals surface area contributed by atoms with Crippen LogP contribution in [0.3, 0.4) is 0 Å². The van der Waals surface area contributed by atoms with E-state index in [0.717, 1.165) is 11.1 Å². The van der Waals surface area contributed by atoms with Crippen molar-refractivity contribution in [2.45, 2.75) is 18.5 Å². The molecule has 1 aliphatic heterocycles. The Balaban J connectivity index is 1.92. The summed E-state index contributed by atoms with van der Waals surface area (Å²) in [5.41, 5.74) is 1.83. The van der Waals surface area contributed by atoms with Gasteiger partial charge in [0.2, 0.25) is 5.95 Å². The summed E-state index contributed by atoms with van der Waals surface area (Å²) in [7, 11) is 0. The van der Waals surface area contributed by atoms with E-state index in [1.54, 1.807) is 36.4 Å². The van der Waals surface area contributed by atoms with Crippen LogP contribution in [-0.4, -0.2) is 16.9 Å². The Kier molecular flexibility index (Phi) is 4.36. The third kappa shape index (κ3) is 2.91. The second-order valence-electron chi connectivity index (χ2n) is 6.66. The quantitative estimate of drug-likeness (QED) is 0.707. The molecule has 138 valence electrons. The van der Waals surface area contributed by atoms with Gasteiger partial charge in [-0.3, -0.25) is 0 Å². The smallest absolute Gasteiger partial charge is 0.212 e. The predicted molar refractivity (Wildman–Crippen MR) is 102 cm³/mol. The van der Waals surface area contributed by atoms with Gasteiger partial charge in [0.1, 0.15) is 17.2 Å². The lowest BCUT2D eigenvalue weighted by atomic mass is 9.79. The zero-order valence-electron chi connectivity index (χ0n) is 15.0. The third-order valence-corrected chi connectivity index (χ3v) is 4.98. The number of nitriles is 1. The fourth-order valence-electron chi connectivity index (χ4n) is 3.60. The Bertz CT molecular complexity index is 1040. The van der Waals surface area contributed by atoms with E-state index < -0.39 is 11.5 Å². The molecule has 1 aliphatic rings. The molecule has 0 saturated carbocycles. The Labute approximate surface area is 161 Å². The fourth-order valence-corrected chi connectivity index (χ4v) is 3.60. The second kappa shape index (κ2) is 6.86. The molecule has 0 bridgehead atoms. The minimum absolute atomic E-state index is 0.217. The van der Waals surface area contributed by atoms with Gasteiger partial charge in [-0.15, -0.1) is 0 Å². The van der Waals surface area contributed by atoms with Crippen LogP contribution in [0.25, 0.3) is 0 Å². The van der Waals surface area contributed by atoms with Crippen LogP contribution in [0.2, 0.25) is 0 Å². The molecule has 2 atom stereocenters. The molecule has 1 aromatic heterocycles. The lowest BCUT2D eigenvalue weighted by molar-refractivity contribution is 0.449. The lowest BCUT2D eigenvalue weighted by Crippen LogP contribution is -2.41. The highest BCUT2D eigenvalue weighted by Gasteiger charge is 2.45. The fraction of sp³-hybridized carbons (Fsp3) is 0.136. The Morgan fingerprint density at radius 2 is 1.79 bits per heavy atom. The third-order valence-electron chi connectivity index (χ3n) is 4.98. The van der Waals surface area contributed by atoms with Crippen LogP contribution in [-0.2, 0) is 5.54 Å². The Morgan fingerprint density at radius 3 is 2.46 bits per heavy atom. The molecule has 28 heavy (non-hydrogen) atoms. The van der Waals surface area contributed by atoms with Crippen molar-refractivity contribution >= 4 is 5.84 Å². The van der Waals surface area contributed by atoms with Gasteiger partial charge in [-0.05, 0) is 42.8 Å². The monoisotopic (exact) mass is 374 g/mol. The molecule has 3 aromatic rings. The summed E-state index contributed by atoms with van der Waals surface area (Å²) in [6, 6.07) is 18.1. The van der Waals surface area contributed by atoms with E-state index in [9.17, 15) is 14.0 Å². The van der Waals surface area contributed by atoms with Gasteiger partial charge in [-0.1, -0.05) is 30.3 Å². The minimum Gasteiger partial charge on any atom is -0.364 e. The Morgan fingerprint density at radius 1 is 1.04 bits per heavy atom. The minimum atomic E-state index is -0.910. The predicted octanol–water partition coefficient (Wildman–Crippen LogP) is 3.91. The summed E-state index contributed by atoms with van der Waals surface area (Å²) >= 11 is 0. The molecule has 6 heteroatoms. The molecular formula is C22H16F2N4. The maximum absolute atomic E-state index is 13.5. The molecule has 0 aliphatic carbocycles. The number of nitrogens with zero attached hydrogens (tertiary/aromatic N) is 3. The summed E-state index contributed by atoms with van der Waals surface area (Å²) in [5, 5.41) is 12.5. The highest BCUT2D eigenvalue weighted by atomic mass is 19.1. The van der Waals surface area contributed by atoms with Crippen LogP contribution in [0, 0.1) is 23.1 Å². The summed E-state index contributed by atoms with van der Waals surface area (Å²) in [5.74, 6) is -0.318. The molecule has 1 N–H and O–H groups in total. The molecule has 2 aromatic carbocycles. The van der Waals surface area contributed by atoms with Crippen LogP contribution in [0.5, 0.6) is 0 Å². The highest BCUT2D eigenvalue weighted by molar-refractivity contribution is 6.01. The van der Waals surface area contributed by atoms with Crippen LogP contribution in [0.15, 0.2) is 71.9 Å². The second-order valence-corrected chi connectivity index (χ2v) is 6.66. The van der Waals surface area contributed by atoms with E-state index in [2.05, 4.69) is 16.4 Å². The first-order chi connectivity index (χ1) is 13.5. The molecule has 0 fully saturated rings. The summed E-state index contributed by atoms with van der Waals surface area (Å²) in [6.07, 6.45) is 1.45. The SMILES string of the molecule is C[C@@H]1NC(c2cccc(C#N)c2)=N[C@]1(c1ccc(F)cc1)c1ccc(F)nc1. The van der Waals surface area contributed by atoms with Crippen molar-refractivity contribution in [3.8, 4) is 6.07 Å². The van der Waals surface area contributed by atoms with Crippen molar-refractivity contribution in [2.75, 3.05) is 0 Å². The van der Waals surface area contributed by atoms with Gasteiger partial charge >= 0.3 is 0 Å².